The number of hydrogen-bond acceptors (Lipinski definition) is 5. The van der Waals surface area contributed by atoms with Gasteiger partial charge in [0.15, 0.2) is 0 Å². The average molecular weight is 448 g/mol. The van der Waals surface area contributed by atoms with Crippen LogP contribution in [-0.4, -0.2) is 75.1 Å². The molecule has 2 fully saturated rings. The molecule has 1 aromatic heterocycles. The van der Waals surface area contributed by atoms with Crippen LogP contribution in [0.15, 0.2) is 6.20 Å². The number of halogens is 3. The number of aliphatic carboxylic acids is 1. The van der Waals surface area contributed by atoms with Gasteiger partial charge in [-0.25, -0.2) is 9.48 Å². The predicted octanol–water partition coefficient (Wildman–Crippen LogP) is 2.96. The second kappa shape index (κ2) is 9.97. The summed E-state index contributed by atoms with van der Waals surface area (Å²) in [6, 6.07) is 0.374. The van der Waals surface area contributed by atoms with E-state index in [1.54, 1.807) is 0 Å². The maximum Gasteiger partial charge on any atom is 0.490 e. The molecule has 0 aromatic carbocycles. The number of carbonyl (C=O) groups excluding carboxylic acids is 1. The Balaban J connectivity index is 0.000000423. The van der Waals surface area contributed by atoms with Gasteiger partial charge in [-0.1, -0.05) is 19.1 Å². The Morgan fingerprint density at radius 3 is 2.19 bits per heavy atom. The van der Waals surface area contributed by atoms with Crippen LogP contribution in [0.2, 0.25) is 0 Å². The molecule has 1 aliphatic heterocycles. The van der Waals surface area contributed by atoms with Crippen molar-refractivity contribution in [3.8, 4) is 0 Å². The number of piperidine rings is 1. The largest absolute Gasteiger partial charge is 0.490 e. The van der Waals surface area contributed by atoms with Crippen molar-refractivity contribution in [2.45, 2.75) is 64.7 Å². The first-order valence-corrected chi connectivity index (χ1v) is 10.6. The van der Waals surface area contributed by atoms with Gasteiger partial charge in [-0.15, -0.1) is 5.10 Å². The Labute approximate surface area is 180 Å². The summed E-state index contributed by atoms with van der Waals surface area (Å²) < 4.78 is 33.7. The van der Waals surface area contributed by atoms with Crippen LogP contribution in [0.3, 0.4) is 0 Å². The Bertz CT molecular complexity index is 753. The molecule has 1 saturated heterocycles. The Morgan fingerprint density at radius 2 is 1.77 bits per heavy atom. The average Bonchev–Trinajstić information content (AvgIpc) is 3.28. The summed E-state index contributed by atoms with van der Waals surface area (Å²) in [5.74, 6) is -2.08. The molecule has 2 aliphatic rings. The van der Waals surface area contributed by atoms with Crippen molar-refractivity contribution >= 4 is 11.9 Å². The van der Waals surface area contributed by atoms with Crippen LogP contribution in [0.5, 0.6) is 0 Å². The summed E-state index contributed by atoms with van der Waals surface area (Å²) in [7, 11) is 4.07. The molecule has 1 amide bonds. The lowest BCUT2D eigenvalue weighted by molar-refractivity contribution is -0.192. The van der Waals surface area contributed by atoms with Crippen LogP contribution in [-0.2, 0) is 16.1 Å². The molecule has 31 heavy (non-hydrogen) atoms. The zero-order valence-electron chi connectivity index (χ0n) is 18.5. The van der Waals surface area contributed by atoms with E-state index in [-0.39, 0.29) is 5.92 Å². The summed E-state index contributed by atoms with van der Waals surface area (Å²) in [6.07, 6.45) is 2.29. The van der Waals surface area contributed by atoms with E-state index < -0.39 is 12.1 Å². The van der Waals surface area contributed by atoms with Gasteiger partial charge in [0.05, 0.1) is 17.9 Å². The number of carboxylic acids is 1. The summed E-state index contributed by atoms with van der Waals surface area (Å²) in [4.78, 5) is 25.8. The number of likely N-dealkylation sites (tertiary alicyclic amines) is 1. The Morgan fingerprint density at radius 1 is 1.23 bits per heavy atom. The van der Waals surface area contributed by atoms with Crippen molar-refractivity contribution in [1.29, 1.82) is 0 Å². The molecular weight excluding hydrogens is 415 g/mol. The van der Waals surface area contributed by atoms with Crippen molar-refractivity contribution < 1.29 is 27.9 Å². The maximum absolute atomic E-state index is 12.7. The number of amides is 1. The van der Waals surface area contributed by atoms with Gasteiger partial charge in [0.25, 0.3) is 0 Å². The van der Waals surface area contributed by atoms with E-state index in [2.05, 4.69) is 40.2 Å². The molecule has 1 saturated carbocycles. The van der Waals surface area contributed by atoms with Gasteiger partial charge in [-0.05, 0) is 51.6 Å². The van der Waals surface area contributed by atoms with Crippen LogP contribution >= 0.6 is 0 Å². The first-order valence-electron chi connectivity index (χ1n) is 10.6. The fourth-order valence-corrected chi connectivity index (χ4v) is 4.19. The summed E-state index contributed by atoms with van der Waals surface area (Å²) in [5.41, 5.74) is 1.31. The van der Waals surface area contributed by atoms with E-state index in [1.807, 2.05) is 18.8 Å². The van der Waals surface area contributed by atoms with Crippen LogP contribution in [0, 0.1) is 11.3 Å². The van der Waals surface area contributed by atoms with Gasteiger partial charge in [-0.2, -0.15) is 13.2 Å². The lowest BCUT2D eigenvalue weighted by atomic mass is 9.96. The monoisotopic (exact) mass is 447 g/mol. The third-order valence-electron chi connectivity index (χ3n) is 6.32. The van der Waals surface area contributed by atoms with Gasteiger partial charge < -0.3 is 14.9 Å². The van der Waals surface area contributed by atoms with Crippen LogP contribution in [0.1, 0.15) is 57.7 Å². The fourth-order valence-electron chi connectivity index (χ4n) is 4.19. The minimum absolute atomic E-state index is 0.280. The lowest BCUT2D eigenvalue weighted by Crippen LogP contribution is -2.40. The van der Waals surface area contributed by atoms with E-state index in [0.29, 0.717) is 17.4 Å². The first-order chi connectivity index (χ1) is 14.4. The van der Waals surface area contributed by atoms with Crippen LogP contribution < -0.4 is 0 Å². The maximum atomic E-state index is 12.7. The molecule has 0 spiro atoms. The quantitative estimate of drug-likeness (QED) is 0.721. The van der Waals surface area contributed by atoms with Gasteiger partial charge in [0.2, 0.25) is 5.91 Å². The molecular formula is C20H32F3N5O3. The lowest BCUT2D eigenvalue weighted by Gasteiger charge is -2.32. The van der Waals surface area contributed by atoms with Gasteiger partial charge >= 0.3 is 12.1 Å². The molecule has 1 aromatic rings. The Hall–Kier alpha value is -2.17. The molecule has 0 bridgehead atoms. The molecule has 8 nitrogen and oxygen atoms in total. The third kappa shape index (κ3) is 6.41. The second-order valence-electron chi connectivity index (χ2n) is 8.61. The highest BCUT2D eigenvalue weighted by atomic mass is 19.4. The van der Waals surface area contributed by atoms with E-state index in [0.717, 1.165) is 57.4 Å². The normalized spacial score (nSPS) is 20.9. The zero-order valence-corrected chi connectivity index (χ0v) is 18.5. The molecule has 1 aliphatic carbocycles. The van der Waals surface area contributed by atoms with E-state index in [4.69, 9.17) is 9.90 Å². The topological polar surface area (TPSA) is 91.6 Å². The second-order valence-corrected chi connectivity index (χ2v) is 8.61. The highest BCUT2D eigenvalue weighted by Gasteiger charge is 2.56. The number of carbonyl (C=O) groups is 2. The van der Waals surface area contributed by atoms with Gasteiger partial charge in [0.1, 0.15) is 0 Å². The third-order valence-corrected chi connectivity index (χ3v) is 6.32. The number of rotatable bonds is 6. The molecule has 1 N–H and O–H groups in total. The number of aromatic nitrogens is 3. The van der Waals surface area contributed by atoms with Crippen LogP contribution in [0.4, 0.5) is 13.2 Å². The van der Waals surface area contributed by atoms with Crippen LogP contribution in [0.25, 0.3) is 0 Å². The minimum atomic E-state index is -5.08. The zero-order chi connectivity index (χ0) is 23.4. The molecule has 2 heterocycles. The molecule has 0 radical (unpaired) electrons. The number of nitrogens with zero attached hydrogens (tertiary/aromatic N) is 5. The summed E-state index contributed by atoms with van der Waals surface area (Å²) in [6.45, 7) is 6.96. The van der Waals surface area contributed by atoms with Gasteiger partial charge in [-0.3, -0.25) is 4.79 Å². The van der Waals surface area contributed by atoms with E-state index in [9.17, 15) is 18.0 Å². The molecule has 3 rings (SSSR count). The SMILES string of the molecule is CCC1(CC)CC1C(=O)N1CCC(n2cc(CN(C)C)nn2)CC1.O=C(O)C(F)(F)F. The highest BCUT2D eigenvalue weighted by Crippen LogP contribution is 2.58. The smallest absolute Gasteiger partial charge is 0.475 e. The van der Waals surface area contributed by atoms with Gasteiger partial charge in [0, 0.05) is 25.6 Å². The number of alkyl halides is 3. The molecule has 176 valence electrons. The molecule has 11 heteroatoms. The van der Waals surface area contributed by atoms with Crippen molar-refractivity contribution in [2.75, 3.05) is 27.2 Å². The van der Waals surface area contributed by atoms with E-state index >= 15 is 0 Å². The summed E-state index contributed by atoms with van der Waals surface area (Å²) in [5, 5.41) is 15.7. The fraction of sp³-hybridized carbons (Fsp3) is 0.800. The number of hydrogen-bond donors (Lipinski definition) is 1. The van der Waals surface area contributed by atoms with Crippen molar-refractivity contribution in [3.63, 3.8) is 0 Å². The van der Waals surface area contributed by atoms with Crippen molar-refractivity contribution in [2.24, 2.45) is 11.3 Å². The highest BCUT2D eigenvalue weighted by molar-refractivity contribution is 5.82. The van der Waals surface area contributed by atoms with Crippen molar-refractivity contribution in [3.05, 3.63) is 11.9 Å². The number of carboxylic acid groups (broad SMARTS) is 1. The molecule has 1 unspecified atom stereocenters. The predicted molar refractivity (Wildman–Crippen MR) is 107 cm³/mol. The Kier molecular flexibility index (Phi) is 8.07. The van der Waals surface area contributed by atoms with E-state index in [1.165, 1.54) is 0 Å². The van der Waals surface area contributed by atoms with Crippen molar-refractivity contribution in [1.82, 2.24) is 24.8 Å². The molecule has 1 atom stereocenters. The summed E-state index contributed by atoms with van der Waals surface area (Å²) >= 11 is 0. The first kappa shape index (κ1) is 25.1. The standard InChI is InChI=1S/C18H31N5O.C2HF3O2/c1-5-18(6-2)11-16(18)17(24)22-9-7-15(8-10-22)23-13-14(19-20-23)12-21(3)4;3-2(4,5)1(6)7/h13,15-16H,5-12H2,1-4H3;(H,6,7). The minimum Gasteiger partial charge on any atom is -0.475 e.